The normalized spacial score (nSPS) is 16.2. The van der Waals surface area contributed by atoms with Gasteiger partial charge in [-0.15, -0.1) is 0 Å². The molecular weight excluding hydrogens is 300 g/mol. The minimum atomic E-state index is -3.32. The Morgan fingerprint density at radius 3 is 2.59 bits per heavy atom. The van der Waals surface area contributed by atoms with Crippen molar-refractivity contribution in [2.24, 2.45) is 0 Å². The molecule has 1 aliphatic heterocycles. The summed E-state index contributed by atoms with van der Waals surface area (Å²) < 4.78 is 30.1. The molecule has 1 aromatic heterocycles. The second-order valence-corrected chi connectivity index (χ2v) is 7.14. The Kier molecular flexibility index (Phi) is 4.56. The lowest BCUT2D eigenvalue weighted by Gasteiger charge is -2.15. The minimum Gasteiger partial charge on any atom is -0.241 e. The summed E-state index contributed by atoms with van der Waals surface area (Å²) in [5.41, 5.74) is 2.00. The highest BCUT2D eigenvalue weighted by Gasteiger charge is 2.24. The number of aromatic nitrogens is 2. The van der Waals surface area contributed by atoms with E-state index in [4.69, 9.17) is 0 Å². The van der Waals surface area contributed by atoms with Gasteiger partial charge in [-0.1, -0.05) is 18.2 Å². The maximum absolute atomic E-state index is 12.0. The van der Waals surface area contributed by atoms with Gasteiger partial charge < -0.3 is 0 Å². The molecule has 2 heterocycles. The monoisotopic (exact) mass is 320 g/mol. The first-order valence-electron chi connectivity index (χ1n) is 7.49. The highest BCUT2D eigenvalue weighted by atomic mass is 32.2. The van der Waals surface area contributed by atoms with Gasteiger partial charge >= 0.3 is 0 Å². The van der Waals surface area contributed by atoms with Crippen molar-refractivity contribution in [3.8, 4) is 5.69 Å². The lowest BCUT2D eigenvalue weighted by Crippen LogP contribution is -2.39. The number of hydrogen-bond donors (Lipinski definition) is 1. The summed E-state index contributed by atoms with van der Waals surface area (Å²) in [5.74, 6) is 0. The fraction of sp³-hybridized carbons (Fsp3) is 0.400. The summed E-state index contributed by atoms with van der Waals surface area (Å²) in [6.45, 7) is 1.64. The van der Waals surface area contributed by atoms with E-state index in [2.05, 4.69) is 9.82 Å². The van der Waals surface area contributed by atoms with Crippen LogP contribution in [0.15, 0.2) is 42.7 Å². The Hall–Kier alpha value is -1.70. The van der Waals surface area contributed by atoms with Crippen molar-refractivity contribution in [1.82, 2.24) is 18.8 Å². The predicted molar refractivity (Wildman–Crippen MR) is 85.0 cm³/mol. The molecule has 3 rings (SSSR count). The van der Waals surface area contributed by atoms with Gasteiger partial charge in [0.2, 0.25) is 0 Å². The van der Waals surface area contributed by atoms with Crippen LogP contribution in [0.1, 0.15) is 18.4 Å². The molecule has 7 heteroatoms. The highest BCUT2D eigenvalue weighted by molar-refractivity contribution is 7.87. The van der Waals surface area contributed by atoms with Gasteiger partial charge in [-0.25, -0.2) is 9.40 Å². The van der Waals surface area contributed by atoms with E-state index >= 15 is 0 Å². The Morgan fingerprint density at radius 2 is 1.86 bits per heavy atom. The average molecular weight is 320 g/mol. The van der Waals surface area contributed by atoms with Gasteiger partial charge in [0, 0.05) is 25.8 Å². The standard InChI is InChI=1S/C15H20N4O2S/c20-22(21,18-10-4-5-11-18)17-9-8-14-12-16-19(13-14)15-6-2-1-3-7-15/h1-3,6-7,12-13,17H,4-5,8-11H2. The fourth-order valence-electron chi connectivity index (χ4n) is 2.56. The molecule has 0 radical (unpaired) electrons. The molecule has 6 nitrogen and oxygen atoms in total. The van der Waals surface area contributed by atoms with Crippen LogP contribution < -0.4 is 4.72 Å². The molecular formula is C15H20N4O2S. The van der Waals surface area contributed by atoms with E-state index in [0.717, 1.165) is 24.1 Å². The number of para-hydroxylation sites is 1. The Bertz CT molecular complexity index is 706. The lowest BCUT2D eigenvalue weighted by atomic mass is 10.2. The molecule has 1 aromatic carbocycles. The van der Waals surface area contributed by atoms with Crippen LogP contribution in [0.5, 0.6) is 0 Å². The third kappa shape index (κ3) is 3.55. The summed E-state index contributed by atoms with van der Waals surface area (Å²) in [4.78, 5) is 0. The molecule has 0 aliphatic carbocycles. The van der Waals surface area contributed by atoms with Crippen molar-refractivity contribution in [2.45, 2.75) is 19.3 Å². The molecule has 0 spiro atoms. The van der Waals surface area contributed by atoms with E-state index in [1.54, 1.807) is 10.9 Å². The van der Waals surface area contributed by atoms with E-state index in [9.17, 15) is 8.42 Å². The van der Waals surface area contributed by atoms with Gasteiger partial charge in [-0.2, -0.15) is 17.8 Å². The van der Waals surface area contributed by atoms with Crippen LogP contribution in [0.4, 0.5) is 0 Å². The minimum absolute atomic E-state index is 0.388. The number of rotatable bonds is 6. The van der Waals surface area contributed by atoms with Crippen LogP contribution >= 0.6 is 0 Å². The molecule has 1 saturated heterocycles. The lowest BCUT2D eigenvalue weighted by molar-refractivity contribution is 0.465. The van der Waals surface area contributed by atoms with E-state index in [1.807, 2.05) is 36.5 Å². The number of hydrogen-bond acceptors (Lipinski definition) is 3. The molecule has 1 N–H and O–H groups in total. The number of nitrogens with zero attached hydrogens (tertiary/aromatic N) is 3. The predicted octanol–water partition coefficient (Wildman–Crippen LogP) is 1.34. The van der Waals surface area contributed by atoms with Crippen molar-refractivity contribution < 1.29 is 8.42 Å². The second-order valence-electron chi connectivity index (χ2n) is 5.38. The second kappa shape index (κ2) is 6.60. The van der Waals surface area contributed by atoms with Gasteiger partial charge in [-0.3, -0.25) is 0 Å². The van der Waals surface area contributed by atoms with Crippen LogP contribution in [0.25, 0.3) is 5.69 Å². The Balaban J connectivity index is 1.55. The average Bonchev–Trinajstić information content (AvgIpc) is 3.20. The molecule has 2 aromatic rings. The van der Waals surface area contributed by atoms with Crippen LogP contribution in [0.3, 0.4) is 0 Å². The summed E-state index contributed by atoms with van der Waals surface area (Å²) in [5, 5.41) is 4.31. The SMILES string of the molecule is O=S(=O)(NCCc1cnn(-c2ccccc2)c1)N1CCCC1. The molecule has 118 valence electrons. The zero-order chi connectivity index (χ0) is 15.4. The zero-order valence-corrected chi connectivity index (χ0v) is 13.2. The summed E-state index contributed by atoms with van der Waals surface area (Å²) >= 11 is 0. The van der Waals surface area contributed by atoms with Crippen molar-refractivity contribution in [3.05, 3.63) is 48.3 Å². The van der Waals surface area contributed by atoms with Gasteiger partial charge in [0.15, 0.2) is 0 Å². The molecule has 1 aliphatic rings. The topological polar surface area (TPSA) is 67.2 Å². The molecule has 22 heavy (non-hydrogen) atoms. The van der Waals surface area contributed by atoms with Crippen LogP contribution in [0.2, 0.25) is 0 Å². The molecule has 0 unspecified atom stereocenters. The summed E-state index contributed by atoms with van der Waals surface area (Å²) in [7, 11) is -3.32. The maximum atomic E-state index is 12.0. The molecule has 0 bridgehead atoms. The third-order valence-corrected chi connectivity index (χ3v) is 5.37. The maximum Gasteiger partial charge on any atom is 0.279 e. The van der Waals surface area contributed by atoms with E-state index in [-0.39, 0.29) is 0 Å². The van der Waals surface area contributed by atoms with E-state index in [0.29, 0.717) is 26.1 Å². The first-order chi connectivity index (χ1) is 10.6. The Morgan fingerprint density at radius 1 is 1.14 bits per heavy atom. The van der Waals surface area contributed by atoms with Crippen molar-refractivity contribution in [1.29, 1.82) is 0 Å². The van der Waals surface area contributed by atoms with Gasteiger partial charge in [0.05, 0.1) is 11.9 Å². The van der Waals surface area contributed by atoms with Gasteiger partial charge in [0.1, 0.15) is 0 Å². The fourth-order valence-corrected chi connectivity index (χ4v) is 3.84. The van der Waals surface area contributed by atoms with E-state index in [1.165, 1.54) is 4.31 Å². The summed E-state index contributed by atoms with van der Waals surface area (Å²) in [6, 6.07) is 9.84. The quantitative estimate of drug-likeness (QED) is 0.873. The van der Waals surface area contributed by atoms with Crippen LogP contribution in [0, 0.1) is 0 Å². The molecule has 0 amide bonds. The van der Waals surface area contributed by atoms with Crippen molar-refractivity contribution >= 4 is 10.2 Å². The Labute approximate surface area is 130 Å². The first kappa shape index (κ1) is 15.2. The van der Waals surface area contributed by atoms with Gasteiger partial charge in [0.25, 0.3) is 10.2 Å². The molecule has 0 saturated carbocycles. The zero-order valence-electron chi connectivity index (χ0n) is 12.4. The highest BCUT2D eigenvalue weighted by Crippen LogP contribution is 2.11. The van der Waals surface area contributed by atoms with Crippen LogP contribution in [-0.4, -0.2) is 42.1 Å². The first-order valence-corrected chi connectivity index (χ1v) is 8.93. The van der Waals surface area contributed by atoms with E-state index < -0.39 is 10.2 Å². The molecule has 1 fully saturated rings. The number of benzene rings is 1. The van der Waals surface area contributed by atoms with Crippen LogP contribution in [-0.2, 0) is 16.6 Å². The summed E-state index contributed by atoms with van der Waals surface area (Å²) in [6.07, 6.45) is 6.23. The number of nitrogens with one attached hydrogen (secondary N) is 1. The van der Waals surface area contributed by atoms with Gasteiger partial charge in [-0.05, 0) is 37.0 Å². The molecule has 0 atom stereocenters. The largest absolute Gasteiger partial charge is 0.279 e. The third-order valence-electron chi connectivity index (χ3n) is 3.76. The smallest absolute Gasteiger partial charge is 0.241 e. The van der Waals surface area contributed by atoms with Crippen molar-refractivity contribution in [3.63, 3.8) is 0 Å². The van der Waals surface area contributed by atoms with Crippen molar-refractivity contribution in [2.75, 3.05) is 19.6 Å².